The normalized spacial score (nSPS) is 14.4. The zero-order valence-corrected chi connectivity index (χ0v) is 25.3. The van der Waals surface area contributed by atoms with Crippen LogP contribution in [0, 0.1) is 13.8 Å². The van der Waals surface area contributed by atoms with Crippen LogP contribution in [0.3, 0.4) is 0 Å². The first kappa shape index (κ1) is 30.4. The van der Waals surface area contributed by atoms with E-state index >= 15 is 0 Å². The summed E-state index contributed by atoms with van der Waals surface area (Å²) < 4.78 is 11.7. The Morgan fingerprint density at radius 1 is 0.810 bits per heavy atom. The highest BCUT2D eigenvalue weighted by Gasteiger charge is 2.28. The number of rotatable bonds is 8. The van der Waals surface area contributed by atoms with E-state index in [4.69, 9.17) is 9.47 Å². The maximum Gasteiger partial charge on any atom is 0.410 e. The van der Waals surface area contributed by atoms with E-state index in [0.717, 1.165) is 22.4 Å². The number of piperazine rings is 1. The van der Waals surface area contributed by atoms with Gasteiger partial charge in [0.05, 0.1) is 11.9 Å². The van der Waals surface area contributed by atoms with Crippen LogP contribution in [0.1, 0.15) is 31.9 Å². The third-order valence-corrected chi connectivity index (χ3v) is 6.86. The molecule has 3 aromatic carbocycles. The minimum absolute atomic E-state index is 0.143. The van der Waals surface area contributed by atoms with Gasteiger partial charge in [0.2, 0.25) is 0 Å². The molecule has 1 saturated heterocycles. The standard InChI is InChI=1S/C34H40N4O4/c1-25-7-11-27(12-8-25)28-13-17-30(18-14-28)41-32(24-39)31(23-35-36(6)29-15-9-26(2)10-16-29)37-19-21-38(22-20-37)33(40)42-34(3,4)5/h7-18,23-24H,19-22H2,1-6H3/b32-31-,35-23?. The van der Waals surface area contributed by atoms with E-state index in [1.165, 1.54) is 5.56 Å². The average Bonchev–Trinajstić information content (AvgIpc) is 2.97. The highest BCUT2D eigenvalue weighted by molar-refractivity contribution is 5.88. The zero-order chi connectivity index (χ0) is 30.3. The van der Waals surface area contributed by atoms with Crippen LogP contribution in [0.4, 0.5) is 10.5 Å². The molecule has 0 N–H and O–H groups in total. The zero-order valence-electron chi connectivity index (χ0n) is 25.3. The number of hydrazone groups is 1. The Morgan fingerprint density at radius 2 is 1.31 bits per heavy atom. The van der Waals surface area contributed by atoms with Gasteiger partial charge in [-0.2, -0.15) is 5.10 Å². The van der Waals surface area contributed by atoms with Crippen LogP contribution in [0.15, 0.2) is 89.4 Å². The minimum Gasteiger partial charge on any atom is -0.452 e. The molecule has 0 radical (unpaired) electrons. The van der Waals surface area contributed by atoms with E-state index in [9.17, 15) is 9.59 Å². The van der Waals surface area contributed by atoms with Gasteiger partial charge in [0.25, 0.3) is 0 Å². The van der Waals surface area contributed by atoms with E-state index in [-0.39, 0.29) is 11.9 Å². The van der Waals surface area contributed by atoms with Crippen LogP contribution >= 0.6 is 0 Å². The van der Waals surface area contributed by atoms with E-state index < -0.39 is 5.60 Å². The van der Waals surface area contributed by atoms with Crippen molar-refractivity contribution in [3.63, 3.8) is 0 Å². The lowest BCUT2D eigenvalue weighted by atomic mass is 10.0. The monoisotopic (exact) mass is 568 g/mol. The van der Waals surface area contributed by atoms with Crippen LogP contribution in [-0.4, -0.2) is 67.2 Å². The number of benzene rings is 3. The Bertz CT molecular complexity index is 1410. The number of ether oxygens (including phenoxy) is 2. The number of anilines is 1. The Labute approximate surface area is 248 Å². The molecule has 220 valence electrons. The topological polar surface area (TPSA) is 74.7 Å². The quantitative estimate of drug-likeness (QED) is 0.102. The third-order valence-electron chi connectivity index (χ3n) is 6.86. The lowest BCUT2D eigenvalue weighted by molar-refractivity contribution is -0.106. The molecule has 1 heterocycles. The number of carbonyl (C=O) groups is 2. The van der Waals surface area contributed by atoms with Crippen LogP contribution in [0.5, 0.6) is 5.75 Å². The van der Waals surface area contributed by atoms with Crippen LogP contribution in [0.2, 0.25) is 0 Å². The molecule has 0 unspecified atom stereocenters. The summed E-state index contributed by atoms with van der Waals surface area (Å²) in [6, 6.07) is 24.0. The van der Waals surface area contributed by atoms with Crippen molar-refractivity contribution in [2.75, 3.05) is 38.2 Å². The van der Waals surface area contributed by atoms with Gasteiger partial charge in [-0.1, -0.05) is 59.7 Å². The summed E-state index contributed by atoms with van der Waals surface area (Å²) >= 11 is 0. The SMILES string of the molecule is Cc1ccc(-c2ccc(O/C(C=O)=C(/C=NN(C)c3ccc(C)cc3)N3CCN(C(=O)OC(C)(C)C)CC3)cc2)cc1. The van der Waals surface area contributed by atoms with E-state index in [0.29, 0.717) is 43.9 Å². The Balaban J connectivity index is 1.58. The molecular weight excluding hydrogens is 528 g/mol. The van der Waals surface area contributed by atoms with Gasteiger partial charge in [-0.25, -0.2) is 4.79 Å². The first-order chi connectivity index (χ1) is 20.0. The summed E-state index contributed by atoms with van der Waals surface area (Å²) in [6.45, 7) is 11.5. The van der Waals surface area contributed by atoms with Gasteiger partial charge >= 0.3 is 6.09 Å². The molecule has 0 aromatic heterocycles. The largest absolute Gasteiger partial charge is 0.452 e. The number of aldehydes is 1. The number of nitrogens with zero attached hydrogens (tertiary/aromatic N) is 4. The van der Waals surface area contributed by atoms with E-state index in [1.807, 2.05) is 88.2 Å². The Kier molecular flexibility index (Phi) is 9.68. The number of carbonyl (C=O) groups excluding carboxylic acids is 2. The summed E-state index contributed by atoms with van der Waals surface area (Å²) in [5.74, 6) is 0.683. The fourth-order valence-electron chi connectivity index (χ4n) is 4.45. The molecule has 4 rings (SSSR count). The molecule has 0 bridgehead atoms. The molecule has 0 atom stereocenters. The van der Waals surface area contributed by atoms with Crippen molar-refractivity contribution in [1.29, 1.82) is 0 Å². The first-order valence-corrected chi connectivity index (χ1v) is 14.1. The van der Waals surface area contributed by atoms with Crippen molar-refractivity contribution >= 4 is 24.3 Å². The molecule has 0 saturated carbocycles. The molecule has 0 aliphatic carbocycles. The molecule has 8 nitrogen and oxygen atoms in total. The second-order valence-corrected chi connectivity index (χ2v) is 11.4. The first-order valence-electron chi connectivity index (χ1n) is 14.1. The summed E-state index contributed by atoms with van der Waals surface area (Å²) in [7, 11) is 1.85. The van der Waals surface area contributed by atoms with Gasteiger partial charge in [0, 0.05) is 33.2 Å². The number of hydrogen-bond acceptors (Lipinski definition) is 7. The van der Waals surface area contributed by atoms with E-state index in [1.54, 1.807) is 16.1 Å². The number of hydrogen-bond donors (Lipinski definition) is 0. The van der Waals surface area contributed by atoms with Crippen LogP contribution in [-0.2, 0) is 9.53 Å². The Morgan fingerprint density at radius 3 is 1.83 bits per heavy atom. The van der Waals surface area contributed by atoms with Gasteiger partial charge in [-0.3, -0.25) is 9.80 Å². The van der Waals surface area contributed by atoms with Crippen molar-refractivity contribution in [1.82, 2.24) is 9.80 Å². The van der Waals surface area contributed by atoms with Crippen LogP contribution < -0.4 is 9.75 Å². The molecular formula is C34H40N4O4. The maximum absolute atomic E-state index is 12.6. The summed E-state index contributed by atoms with van der Waals surface area (Å²) in [5, 5.41) is 6.38. The molecule has 8 heteroatoms. The average molecular weight is 569 g/mol. The molecule has 42 heavy (non-hydrogen) atoms. The predicted molar refractivity (Wildman–Crippen MR) is 168 cm³/mol. The van der Waals surface area contributed by atoms with Gasteiger partial charge in [-0.05, 0) is 70.0 Å². The number of allylic oxidation sites excluding steroid dienone is 2. The second kappa shape index (κ2) is 13.4. The van der Waals surface area contributed by atoms with Crippen molar-refractivity contribution in [3.05, 3.63) is 95.4 Å². The highest BCUT2D eigenvalue weighted by Crippen LogP contribution is 2.25. The van der Waals surface area contributed by atoms with Crippen molar-refractivity contribution in [2.24, 2.45) is 5.10 Å². The van der Waals surface area contributed by atoms with Crippen molar-refractivity contribution in [3.8, 4) is 16.9 Å². The maximum atomic E-state index is 12.6. The lowest BCUT2D eigenvalue weighted by Crippen LogP contribution is -2.50. The highest BCUT2D eigenvalue weighted by atomic mass is 16.6. The summed E-state index contributed by atoms with van der Waals surface area (Å²) in [6.07, 6.45) is 2.01. The van der Waals surface area contributed by atoms with Gasteiger partial charge < -0.3 is 19.3 Å². The molecule has 1 aliphatic rings. The van der Waals surface area contributed by atoms with E-state index in [2.05, 4.69) is 36.3 Å². The third kappa shape index (κ3) is 8.22. The number of amides is 1. The molecule has 3 aromatic rings. The number of aryl methyl sites for hydroxylation is 2. The minimum atomic E-state index is -0.569. The van der Waals surface area contributed by atoms with Gasteiger partial charge in [-0.15, -0.1) is 0 Å². The van der Waals surface area contributed by atoms with Crippen molar-refractivity contribution < 1.29 is 19.1 Å². The second-order valence-electron chi connectivity index (χ2n) is 11.4. The lowest BCUT2D eigenvalue weighted by Gasteiger charge is -2.37. The summed E-state index contributed by atoms with van der Waals surface area (Å²) in [4.78, 5) is 28.7. The molecule has 1 aliphatic heterocycles. The fraction of sp³-hybridized carbons (Fsp3) is 0.324. The molecule has 1 fully saturated rings. The van der Waals surface area contributed by atoms with Crippen LogP contribution in [0.25, 0.3) is 11.1 Å². The van der Waals surface area contributed by atoms with Crippen molar-refractivity contribution in [2.45, 2.75) is 40.2 Å². The fourth-order valence-corrected chi connectivity index (χ4v) is 4.45. The smallest absolute Gasteiger partial charge is 0.410 e. The van der Waals surface area contributed by atoms with Gasteiger partial charge in [0.15, 0.2) is 12.0 Å². The molecule has 1 amide bonds. The molecule has 0 spiro atoms. The predicted octanol–water partition coefficient (Wildman–Crippen LogP) is 6.43. The summed E-state index contributed by atoms with van der Waals surface area (Å²) in [5.41, 5.74) is 5.40. The Hall–Kier alpha value is -4.59. The van der Waals surface area contributed by atoms with Gasteiger partial charge in [0.1, 0.15) is 17.0 Å².